The molecule has 0 radical (unpaired) electrons. The number of carbonyl (C=O) groups excluding carboxylic acids is 3. The van der Waals surface area contributed by atoms with Crippen molar-refractivity contribution < 1.29 is 19.1 Å². The van der Waals surface area contributed by atoms with Crippen molar-refractivity contribution in [3.05, 3.63) is 42.5 Å². The summed E-state index contributed by atoms with van der Waals surface area (Å²) in [4.78, 5) is 34.6. The predicted molar refractivity (Wildman–Crippen MR) is 76.9 cm³/mol. The highest BCUT2D eigenvalue weighted by Crippen LogP contribution is 2.24. The molecule has 0 aliphatic heterocycles. The second kappa shape index (κ2) is 5.48. The topological polar surface area (TPSA) is 60.4 Å². The fraction of sp³-hybridized carbons (Fsp3) is 0.235. The van der Waals surface area contributed by atoms with Gasteiger partial charge in [-0.15, -0.1) is 0 Å². The molecule has 1 saturated carbocycles. The largest absolute Gasteiger partial charge is 0.426 e. The number of ether oxygens (including phenoxy) is 1. The van der Waals surface area contributed by atoms with Crippen molar-refractivity contribution in [3.63, 3.8) is 0 Å². The summed E-state index contributed by atoms with van der Waals surface area (Å²) in [6.45, 7) is 0. The van der Waals surface area contributed by atoms with Crippen molar-refractivity contribution in [1.82, 2.24) is 0 Å². The number of carbonyl (C=O) groups is 3. The first-order chi connectivity index (χ1) is 10.1. The number of hydrogen-bond donors (Lipinski definition) is 0. The molecular formula is C17H14O4. The van der Waals surface area contributed by atoms with Crippen LogP contribution in [0.15, 0.2) is 42.5 Å². The fourth-order valence-corrected chi connectivity index (χ4v) is 2.59. The lowest BCUT2D eigenvalue weighted by atomic mass is 10.0. The number of Topliss-reactive ketones (excluding diaryl/α,β-unsaturated/α-hetero) is 2. The molecule has 0 spiro atoms. The number of esters is 1. The Kier molecular flexibility index (Phi) is 3.52. The van der Waals surface area contributed by atoms with Gasteiger partial charge in [0, 0.05) is 12.3 Å². The Hall–Kier alpha value is -2.49. The molecule has 0 saturated heterocycles. The molecule has 0 aromatic heterocycles. The van der Waals surface area contributed by atoms with E-state index in [2.05, 4.69) is 0 Å². The van der Waals surface area contributed by atoms with Gasteiger partial charge in [-0.1, -0.05) is 30.3 Å². The van der Waals surface area contributed by atoms with Crippen LogP contribution < -0.4 is 4.74 Å². The van der Waals surface area contributed by atoms with Crippen molar-refractivity contribution >= 4 is 28.3 Å². The van der Waals surface area contributed by atoms with E-state index in [0.717, 1.165) is 10.8 Å². The quantitative estimate of drug-likeness (QED) is 0.493. The van der Waals surface area contributed by atoms with Gasteiger partial charge in [0.05, 0.1) is 12.8 Å². The second-order valence-corrected chi connectivity index (χ2v) is 5.27. The van der Waals surface area contributed by atoms with E-state index in [1.54, 1.807) is 12.1 Å². The van der Waals surface area contributed by atoms with Gasteiger partial charge in [-0.25, -0.2) is 0 Å². The summed E-state index contributed by atoms with van der Waals surface area (Å²) in [7, 11) is 0. The van der Waals surface area contributed by atoms with Gasteiger partial charge in [-0.3, -0.25) is 14.4 Å². The van der Waals surface area contributed by atoms with Crippen LogP contribution in [-0.2, 0) is 14.4 Å². The molecular weight excluding hydrogens is 268 g/mol. The van der Waals surface area contributed by atoms with E-state index in [9.17, 15) is 14.4 Å². The minimum atomic E-state index is -0.509. The first-order valence-electron chi connectivity index (χ1n) is 6.86. The van der Waals surface area contributed by atoms with Crippen molar-refractivity contribution in [1.29, 1.82) is 0 Å². The molecule has 4 heteroatoms. The molecule has 3 rings (SSSR count). The number of fused-ring (bicyclic) bond motifs is 1. The monoisotopic (exact) mass is 282 g/mol. The molecule has 1 aliphatic carbocycles. The maximum absolute atomic E-state index is 11.9. The van der Waals surface area contributed by atoms with Crippen LogP contribution >= 0.6 is 0 Å². The van der Waals surface area contributed by atoms with Crippen molar-refractivity contribution in [2.24, 2.45) is 5.92 Å². The first kappa shape index (κ1) is 13.5. The van der Waals surface area contributed by atoms with Crippen LogP contribution in [0.5, 0.6) is 5.75 Å². The zero-order chi connectivity index (χ0) is 14.8. The van der Waals surface area contributed by atoms with E-state index in [-0.39, 0.29) is 30.8 Å². The molecule has 1 unspecified atom stereocenters. The number of rotatable bonds is 3. The van der Waals surface area contributed by atoms with E-state index in [0.29, 0.717) is 5.75 Å². The lowest BCUT2D eigenvalue weighted by Gasteiger charge is -2.08. The summed E-state index contributed by atoms with van der Waals surface area (Å²) < 4.78 is 5.27. The Labute approximate surface area is 121 Å². The molecule has 1 fully saturated rings. The van der Waals surface area contributed by atoms with Crippen molar-refractivity contribution in [2.75, 3.05) is 0 Å². The maximum Gasteiger partial charge on any atom is 0.311 e. The van der Waals surface area contributed by atoms with Crippen LogP contribution in [-0.4, -0.2) is 17.5 Å². The lowest BCUT2D eigenvalue weighted by molar-refractivity contribution is -0.137. The highest BCUT2D eigenvalue weighted by atomic mass is 16.5. The molecule has 1 atom stereocenters. The maximum atomic E-state index is 11.9. The van der Waals surface area contributed by atoms with Gasteiger partial charge < -0.3 is 4.74 Å². The molecule has 1 aliphatic rings. The Balaban J connectivity index is 1.68. The van der Waals surface area contributed by atoms with Crippen LogP contribution in [0.1, 0.15) is 19.3 Å². The van der Waals surface area contributed by atoms with Crippen molar-refractivity contribution in [2.45, 2.75) is 19.3 Å². The van der Waals surface area contributed by atoms with E-state index in [1.165, 1.54) is 0 Å². The summed E-state index contributed by atoms with van der Waals surface area (Å²) in [6, 6.07) is 13.2. The minimum absolute atomic E-state index is 0.0304. The van der Waals surface area contributed by atoms with Gasteiger partial charge in [0.15, 0.2) is 0 Å². The molecule has 21 heavy (non-hydrogen) atoms. The van der Waals surface area contributed by atoms with E-state index >= 15 is 0 Å². The van der Waals surface area contributed by atoms with Crippen LogP contribution in [0.3, 0.4) is 0 Å². The molecule has 106 valence electrons. The average molecular weight is 282 g/mol. The van der Waals surface area contributed by atoms with Crippen LogP contribution in [0.4, 0.5) is 0 Å². The Morgan fingerprint density at radius 2 is 1.86 bits per heavy atom. The normalized spacial score (nSPS) is 18.2. The molecule has 2 aromatic rings. The van der Waals surface area contributed by atoms with E-state index in [4.69, 9.17) is 4.74 Å². The molecule has 0 amide bonds. The Bertz CT molecular complexity index is 732. The molecule has 2 aromatic carbocycles. The predicted octanol–water partition coefficient (Wildman–Crippen LogP) is 2.68. The third kappa shape index (κ3) is 2.99. The first-order valence-corrected chi connectivity index (χ1v) is 6.86. The smallest absolute Gasteiger partial charge is 0.311 e. The summed E-state index contributed by atoms with van der Waals surface area (Å²) in [5, 5.41) is 2.05. The van der Waals surface area contributed by atoms with Crippen LogP contribution in [0.2, 0.25) is 0 Å². The Morgan fingerprint density at radius 1 is 1.10 bits per heavy atom. The van der Waals surface area contributed by atoms with Gasteiger partial charge in [-0.2, -0.15) is 0 Å². The second-order valence-electron chi connectivity index (χ2n) is 5.27. The average Bonchev–Trinajstić information content (AvgIpc) is 2.76. The number of hydrogen-bond acceptors (Lipinski definition) is 4. The standard InChI is InChI=1S/C17H14O4/c18-14-7-13(16(19)10-14)9-17(20)21-15-6-5-11-3-1-2-4-12(11)8-15/h1-6,8,13H,7,9-10H2. The fourth-order valence-electron chi connectivity index (χ4n) is 2.59. The summed E-state index contributed by atoms with van der Waals surface area (Å²) in [6.07, 6.45) is 0.0803. The third-order valence-corrected chi connectivity index (χ3v) is 3.67. The molecule has 0 bridgehead atoms. The summed E-state index contributed by atoms with van der Waals surface area (Å²) >= 11 is 0. The summed E-state index contributed by atoms with van der Waals surface area (Å²) in [5.74, 6) is -0.779. The number of benzene rings is 2. The lowest BCUT2D eigenvalue weighted by Crippen LogP contribution is -2.16. The van der Waals surface area contributed by atoms with Crippen molar-refractivity contribution in [3.8, 4) is 5.75 Å². The minimum Gasteiger partial charge on any atom is -0.426 e. The molecule has 4 nitrogen and oxygen atoms in total. The SMILES string of the molecule is O=C1CC(=O)C(CC(=O)Oc2ccc3ccccc3c2)C1. The molecule has 0 heterocycles. The van der Waals surface area contributed by atoms with Crippen LogP contribution in [0, 0.1) is 5.92 Å². The zero-order valence-corrected chi connectivity index (χ0v) is 11.4. The zero-order valence-electron chi connectivity index (χ0n) is 11.4. The number of ketones is 2. The van der Waals surface area contributed by atoms with Gasteiger partial charge in [0.2, 0.25) is 0 Å². The summed E-state index contributed by atoms with van der Waals surface area (Å²) in [5.41, 5.74) is 0. The Morgan fingerprint density at radius 3 is 2.57 bits per heavy atom. The van der Waals surface area contributed by atoms with Gasteiger partial charge in [-0.05, 0) is 22.9 Å². The highest BCUT2D eigenvalue weighted by Gasteiger charge is 2.32. The molecule has 0 N–H and O–H groups in total. The van der Waals surface area contributed by atoms with E-state index in [1.807, 2.05) is 30.3 Å². The van der Waals surface area contributed by atoms with Gasteiger partial charge in [0.1, 0.15) is 17.3 Å². The van der Waals surface area contributed by atoms with Crippen LogP contribution in [0.25, 0.3) is 10.8 Å². The van der Waals surface area contributed by atoms with Gasteiger partial charge in [0.25, 0.3) is 0 Å². The highest BCUT2D eigenvalue weighted by molar-refractivity contribution is 6.08. The van der Waals surface area contributed by atoms with E-state index < -0.39 is 11.9 Å². The van der Waals surface area contributed by atoms with Gasteiger partial charge >= 0.3 is 5.97 Å². The third-order valence-electron chi connectivity index (χ3n) is 3.67.